The SMILES string of the molecule is CC(C)Nc1cc(Br)c(F)cc1[N+](=O)[O-]. The first-order chi connectivity index (χ1) is 6.91. The molecule has 0 saturated carbocycles. The third kappa shape index (κ3) is 2.89. The van der Waals surface area contributed by atoms with Crippen LogP contribution in [0.25, 0.3) is 0 Å². The van der Waals surface area contributed by atoms with Gasteiger partial charge in [0.15, 0.2) is 0 Å². The molecule has 0 unspecified atom stereocenters. The maximum atomic E-state index is 13.1. The van der Waals surface area contributed by atoms with Crippen LogP contribution in [-0.2, 0) is 0 Å². The highest BCUT2D eigenvalue weighted by Gasteiger charge is 2.17. The van der Waals surface area contributed by atoms with Gasteiger partial charge in [-0.3, -0.25) is 10.1 Å². The Morgan fingerprint density at radius 3 is 2.60 bits per heavy atom. The third-order valence-corrected chi connectivity index (χ3v) is 2.29. The lowest BCUT2D eigenvalue weighted by Crippen LogP contribution is -2.11. The summed E-state index contributed by atoms with van der Waals surface area (Å²) in [6.45, 7) is 3.70. The lowest BCUT2D eigenvalue weighted by molar-refractivity contribution is -0.384. The van der Waals surface area contributed by atoms with Crippen molar-refractivity contribution < 1.29 is 9.31 Å². The molecule has 0 aromatic heterocycles. The Labute approximate surface area is 94.8 Å². The molecule has 0 radical (unpaired) electrons. The number of hydrogen-bond acceptors (Lipinski definition) is 3. The lowest BCUT2D eigenvalue weighted by Gasteiger charge is -2.10. The highest BCUT2D eigenvalue weighted by molar-refractivity contribution is 9.10. The zero-order valence-electron chi connectivity index (χ0n) is 8.25. The minimum Gasteiger partial charge on any atom is -0.377 e. The van der Waals surface area contributed by atoms with Crippen LogP contribution in [0.3, 0.4) is 0 Å². The van der Waals surface area contributed by atoms with Gasteiger partial charge in [0.05, 0.1) is 15.5 Å². The molecule has 0 aliphatic heterocycles. The van der Waals surface area contributed by atoms with Gasteiger partial charge in [-0.05, 0) is 35.8 Å². The summed E-state index contributed by atoms with van der Waals surface area (Å²) >= 11 is 2.98. The van der Waals surface area contributed by atoms with Crippen molar-refractivity contribution in [3.63, 3.8) is 0 Å². The van der Waals surface area contributed by atoms with Crippen LogP contribution in [0.1, 0.15) is 13.8 Å². The maximum absolute atomic E-state index is 13.1. The van der Waals surface area contributed by atoms with Crippen LogP contribution >= 0.6 is 15.9 Å². The third-order valence-electron chi connectivity index (χ3n) is 1.68. The first-order valence-electron chi connectivity index (χ1n) is 4.31. The van der Waals surface area contributed by atoms with Gasteiger partial charge in [-0.15, -0.1) is 0 Å². The van der Waals surface area contributed by atoms with Crippen LogP contribution in [0, 0.1) is 15.9 Å². The first kappa shape index (κ1) is 11.9. The fourth-order valence-corrected chi connectivity index (χ4v) is 1.46. The molecule has 0 aliphatic carbocycles. The number of nitrogens with one attached hydrogen (secondary N) is 1. The molecule has 1 N–H and O–H groups in total. The van der Waals surface area contributed by atoms with Crippen molar-refractivity contribution in [1.29, 1.82) is 0 Å². The van der Waals surface area contributed by atoms with Gasteiger partial charge in [0.25, 0.3) is 5.69 Å². The summed E-state index contributed by atoms with van der Waals surface area (Å²) < 4.78 is 13.3. The number of nitro benzene ring substituents is 1. The van der Waals surface area contributed by atoms with E-state index in [2.05, 4.69) is 21.2 Å². The van der Waals surface area contributed by atoms with Crippen LogP contribution < -0.4 is 5.32 Å². The Morgan fingerprint density at radius 2 is 2.13 bits per heavy atom. The van der Waals surface area contributed by atoms with E-state index in [-0.39, 0.29) is 16.2 Å². The van der Waals surface area contributed by atoms with Crippen molar-refractivity contribution in [2.24, 2.45) is 0 Å². The van der Waals surface area contributed by atoms with Gasteiger partial charge in [0.1, 0.15) is 11.5 Å². The smallest absolute Gasteiger partial charge is 0.295 e. The molecule has 0 heterocycles. The van der Waals surface area contributed by atoms with Crippen molar-refractivity contribution >= 4 is 27.3 Å². The molecule has 0 bridgehead atoms. The van der Waals surface area contributed by atoms with Crippen LogP contribution in [0.5, 0.6) is 0 Å². The van der Waals surface area contributed by atoms with Gasteiger partial charge < -0.3 is 5.32 Å². The summed E-state index contributed by atoms with van der Waals surface area (Å²) in [5, 5.41) is 13.5. The molecule has 1 rings (SSSR count). The normalized spacial score (nSPS) is 10.5. The molecule has 0 spiro atoms. The number of rotatable bonds is 3. The van der Waals surface area contributed by atoms with Gasteiger partial charge in [0, 0.05) is 6.04 Å². The molecule has 82 valence electrons. The number of halogens is 2. The Bertz CT molecular complexity index is 396. The van der Waals surface area contributed by atoms with Gasteiger partial charge >= 0.3 is 0 Å². The Kier molecular flexibility index (Phi) is 3.62. The van der Waals surface area contributed by atoms with E-state index in [0.717, 1.165) is 6.07 Å². The summed E-state index contributed by atoms with van der Waals surface area (Å²) in [7, 11) is 0. The molecule has 0 amide bonds. The summed E-state index contributed by atoms with van der Waals surface area (Å²) in [6, 6.07) is 2.31. The standard InChI is InChI=1S/C9H10BrFN2O2/c1-5(2)12-8-3-6(10)7(11)4-9(8)13(14)15/h3-5,12H,1-2H3. The summed E-state index contributed by atoms with van der Waals surface area (Å²) in [4.78, 5) is 10.0. The molecule has 0 aliphatic rings. The van der Waals surface area contributed by atoms with Crippen LogP contribution in [0.4, 0.5) is 15.8 Å². The highest BCUT2D eigenvalue weighted by Crippen LogP contribution is 2.30. The Balaban J connectivity index is 3.22. The van der Waals surface area contributed by atoms with Crippen LogP contribution in [0.15, 0.2) is 16.6 Å². The van der Waals surface area contributed by atoms with E-state index in [0.29, 0.717) is 5.69 Å². The van der Waals surface area contributed by atoms with E-state index < -0.39 is 10.7 Å². The number of hydrogen-bond donors (Lipinski definition) is 1. The summed E-state index contributed by atoms with van der Waals surface area (Å²) in [5.74, 6) is -0.643. The van der Waals surface area contributed by atoms with Crippen LogP contribution in [-0.4, -0.2) is 11.0 Å². The zero-order valence-corrected chi connectivity index (χ0v) is 9.84. The topological polar surface area (TPSA) is 55.2 Å². The largest absolute Gasteiger partial charge is 0.377 e. The highest BCUT2D eigenvalue weighted by atomic mass is 79.9. The second kappa shape index (κ2) is 4.57. The van der Waals surface area contributed by atoms with E-state index in [9.17, 15) is 14.5 Å². The van der Waals surface area contributed by atoms with Crippen molar-refractivity contribution in [2.45, 2.75) is 19.9 Å². The molecular formula is C9H10BrFN2O2. The average molecular weight is 277 g/mol. The monoisotopic (exact) mass is 276 g/mol. The van der Waals surface area contributed by atoms with Gasteiger partial charge in [-0.2, -0.15) is 0 Å². The van der Waals surface area contributed by atoms with E-state index in [1.807, 2.05) is 13.8 Å². The molecule has 0 saturated heterocycles. The second-order valence-electron chi connectivity index (χ2n) is 3.34. The van der Waals surface area contributed by atoms with E-state index >= 15 is 0 Å². The quantitative estimate of drug-likeness (QED) is 0.681. The fourth-order valence-electron chi connectivity index (χ4n) is 1.11. The van der Waals surface area contributed by atoms with Gasteiger partial charge in [0.2, 0.25) is 0 Å². The maximum Gasteiger partial charge on any atom is 0.295 e. The minimum absolute atomic E-state index is 0.0426. The Hall–Kier alpha value is -1.17. The van der Waals surface area contributed by atoms with Crippen LogP contribution in [0.2, 0.25) is 0 Å². The van der Waals surface area contributed by atoms with E-state index in [4.69, 9.17) is 0 Å². The number of anilines is 1. The average Bonchev–Trinajstić information content (AvgIpc) is 2.09. The molecule has 1 aromatic rings. The Morgan fingerprint density at radius 1 is 1.53 bits per heavy atom. The van der Waals surface area contributed by atoms with Crippen molar-refractivity contribution in [3.05, 3.63) is 32.5 Å². The predicted molar refractivity (Wildman–Crippen MR) is 59.5 cm³/mol. The predicted octanol–water partition coefficient (Wildman–Crippen LogP) is 3.32. The molecule has 0 fully saturated rings. The zero-order chi connectivity index (χ0) is 11.6. The van der Waals surface area contributed by atoms with E-state index in [1.54, 1.807) is 0 Å². The summed E-state index contributed by atoms with van der Waals surface area (Å²) in [6.07, 6.45) is 0. The number of nitrogens with zero attached hydrogens (tertiary/aromatic N) is 1. The lowest BCUT2D eigenvalue weighted by atomic mass is 10.2. The van der Waals surface area contributed by atoms with Gasteiger partial charge in [-0.25, -0.2) is 4.39 Å². The first-order valence-corrected chi connectivity index (χ1v) is 5.11. The van der Waals surface area contributed by atoms with Crippen molar-refractivity contribution in [3.8, 4) is 0 Å². The second-order valence-corrected chi connectivity index (χ2v) is 4.19. The van der Waals surface area contributed by atoms with Gasteiger partial charge in [-0.1, -0.05) is 0 Å². The molecule has 6 heteroatoms. The molecule has 4 nitrogen and oxygen atoms in total. The molecule has 1 aromatic carbocycles. The summed E-state index contributed by atoms with van der Waals surface area (Å²) in [5.41, 5.74) is 0.0488. The minimum atomic E-state index is -0.643. The van der Waals surface area contributed by atoms with Crippen molar-refractivity contribution in [2.75, 3.05) is 5.32 Å². The number of nitro groups is 1. The van der Waals surface area contributed by atoms with Crippen molar-refractivity contribution in [1.82, 2.24) is 0 Å². The molecule has 0 atom stereocenters. The molecular weight excluding hydrogens is 267 g/mol. The van der Waals surface area contributed by atoms with E-state index in [1.165, 1.54) is 6.07 Å². The molecule has 15 heavy (non-hydrogen) atoms. The fraction of sp³-hybridized carbons (Fsp3) is 0.333. The number of benzene rings is 1.